The van der Waals surface area contributed by atoms with Gasteiger partial charge in [-0.05, 0) is 32.4 Å². The van der Waals surface area contributed by atoms with Gasteiger partial charge in [0.05, 0.1) is 17.5 Å². The summed E-state index contributed by atoms with van der Waals surface area (Å²) in [4.78, 5) is 82.6. The van der Waals surface area contributed by atoms with Crippen LogP contribution in [0.1, 0.15) is 84.2 Å². The first-order valence-electron chi connectivity index (χ1n) is 23.1. The number of carbonyl (C=O) groups excluding carboxylic acids is 4. The second kappa shape index (κ2) is 19.9. The molecule has 0 spiro atoms. The van der Waals surface area contributed by atoms with E-state index in [-0.39, 0.29) is 58.3 Å². The van der Waals surface area contributed by atoms with E-state index in [0.717, 1.165) is 50.1 Å². The summed E-state index contributed by atoms with van der Waals surface area (Å²) >= 11 is -3.35. The Balaban J connectivity index is 1.29. The van der Waals surface area contributed by atoms with Crippen LogP contribution in [0.5, 0.6) is 0 Å². The van der Waals surface area contributed by atoms with E-state index in [1.54, 1.807) is 18.2 Å². The van der Waals surface area contributed by atoms with E-state index in [0.29, 0.717) is 43.8 Å². The Bertz CT molecular complexity index is 2480. The molecule has 344 valence electrons. The van der Waals surface area contributed by atoms with Gasteiger partial charge in [-0.3, -0.25) is 4.98 Å². The minimum absolute atomic E-state index is 0.108. The molecular weight excluding hydrogens is 925 g/mol. The van der Waals surface area contributed by atoms with Crippen molar-refractivity contribution >= 4 is 53.6 Å². The maximum atomic E-state index is 14.7. The molecular formula is C50H65InN7O7+. The first kappa shape index (κ1) is 48.1. The average molecular weight is 991 g/mol. The predicted molar refractivity (Wildman–Crippen MR) is 252 cm³/mol. The number of benzene rings is 2. The number of aryl methyl sites for hydroxylation is 1. The normalized spacial score (nSPS) is 22.1. The van der Waals surface area contributed by atoms with E-state index >= 15 is 0 Å². The molecule has 3 amide bonds. The Morgan fingerprint density at radius 3 is 2.57 bits per heavy atom. The molecule has 3 aliphatic heterocycles. The molecule has 15 heteroatoms. The van der Waals surface area contributed by atoms with Crippen LogP contribution in [0.4, 0.5) is 0 Å². The molecule has 0 unspecified atom stereocenters. The van der Waals surface area contributed by atoms with Crippen molar-refractivity contribution in [1.82, 2.24) is 30.2 Å². The van der Waals surface area contributed by atoms with E-state index in [2.05, 4.69) is 79.1 Å². The van der Waals surface area contributed by atoms with Gasteiger partial charge in [-0.15, -0.1) is 0 Å². The molecule has 6 bridgehead atoms. The minimum atomic E-state index is -3.35. The summed E-state index contributed by atoms with van der Waals surface area (Å²) in [5.74, 6) is -1.35. The monoisotopic (exact) mass is 990 g/mol. The number of hydrogen-bond donors (Lipinski definition) is 2. The fourth-order valence-electron chi connectivity index (χ4n) is 10.1. The van der Waals surface area contributed by atoms with Crippen molar-refractivity contribution in [1.29, 1.82) is 0 Å². The summed E-state index contributed by atoms with van der Waals surface area (Å²) in [5, 5.41) is 5.67. The molecule has 0 saturated carbocycles. The fourth-order valence-corrected chi connectivity index (χ4v) is 19.0. The molecule has 2 aromatic heterocycles. The summed E-state index contributed by atoms with van der Waals surface area (Å²) in [6.07, 6.45) is 3.72. The average Bonchev–Trinajstić information content (AvgIpc) is 3.60. The molecule has 6 atom stereocenters. The first-order chi connectivity index (χ1) is 31.0. The number of likely N-dealkylation sites (tertiary alicyclic amines) is 1. The van der Waals surface area contributed by atoms with Gasteiger partial charge >= 0.3 is 289 Å². The Morgan fingerprint density at radius 1 is 1.12 bits per heavy atom. The van der Waals surface area contributed by atoms with E-state index in [4.69, 9.17) is 14.6 Å². The maximum absolute atomic E-state index is 14.7. The topological polar surface area (TPSA) is 155 Å². The van der Waals surface area contributed by atoms with Crippen LogP contribution in [-0.2, 0) is 48.1 Å². The van der Waals surface area contributed by atoms with Crippen LogP contribution in [0.25, 0.3) is 33.3 Å². The number of rotatable bonds is 11. The zero-order chi connectivity index (χ0) is 46.9. The fraction of sp³-hybridized carbons (Fsp3) is 0.500. The summed E-state index contributed by atoms with van der Waals surface area (Å²) < 4.78 is 9.72. The van der Waals surface area contributed by atoms with Crippen LogP contribution < -0.4 is 10.7 Å². The van der Waals surface area contributed by atoms with Gasteiger partial charge in [-0.1, -0.05) is 13.8 Å². The van der Waals surface area contributed by atoms with Crippen LogP contribution in [0.3, 0.4) is 0 Å². The van der Waals surface area contributed by atoms with Gasteiger partial charge in [0.15, 0.2) is 0 Å². The predicted octanol–water partition coefficient (Wildman–Crippen LogP) is 7.16. The third kappa shape index (κ3) is 9.83. The molecule has 2 aromatic carbocycles. The summed E-state index contributed by atoms with van der Waals surface area (Å²) in [5.41, 5.74) is 10.5. The van der Waals surface area contributed by atoms with Gasteiger partial charge in [0.25, 0.3) is 0 Å². The summed E-state index contributed by atoms with van der Waals surface area (Å²) in [7, 11) is 1.69. The molecule has 3 aliphatic rings. The van der Waals surface area contributed by atoms with Crippen molar-refractivity contribution in [2.75, 3.05) is 26.8 Å². The van der Waals surface area contributed by atoms with Gasteiger partial charge in [0.2, 0.25) is 0 Å². The molecule has 2 fully saturated rings. The molecule has 5 heterocycles. The van der Waals surface area contributed by atoms with Crippen molar-refractivity contribution in [3.05, 3.63) is 95.2 Å². The summed E-state index contributed by atoms with van der Waals surface area (Å²) in [6, 6.07) is 17.4. The number of fused-ring (bicyclic) bond motifs is 6. The molecule has 4 aromatic rings. The van der Waals surface area contributed by atoms with Crippen LogP contribution in [0.15, 0.2) is 73.4 Å². The number of aromatic nitrogens is 2. The van der Waals surface area contributed by atoms with Gasteiger partial charge in [0.1, 0.15) is 0 Å². The zero-order valence-corrected chi connectivity index (χ0v) is 42.7. The van der Waals surface area contributed by atoms with E-state index in [9.17, 15) is 24.1 Å². The van der Waals surface area contributed by atoms with Crippen LogP contribution >= 0.6 is 0 Å². The van der Waals surface area contributed by atoms with Crippen LogP contribution in [-0.4, -0.2) is 112 Å². The van der Waals surface area contributed by atoms with Crippen molar-refractivity contribution < 1.29 is 33.7 Å². The molecule has 7 rings (SSSR count). The molecule has 65 heavy (non-hydrogen) atoms. The second-order valence-electron chi connectivity index (χ2n) is 19.3. The van der Waals surface area contributed by atoms with Crippen molar-refractivity contribution in [3.8, 4) is 22.4 Å². The zero-order valence-electron chi connectivity index (χ0n) is 39.4. The number of pyridine rings is 1. The second-order valence-corrected chi connectivity index (χ2v) is 27.4. The van der Waals surface area contributed by atoms with Crippen molar-refractivity contribution in [2.45, 2.75) is 113 Å². The number of ether oxygens (including phenoxy) is 1. The number of amides is 3. The standard InChI is InChI=1S/C41H51N6O5.C8H10NO2.CH3.In/c1-8-45-35-17-16-30-23-32(35)33(39(45)31-14-10-18-42-38(31)27(4)51-7)24-41(5,6)25-52-47(50)36-15-11-19-46(44-36)40(49)34(43-37(48)20-26(2)3)22-28-12-9-13-29(30)21-28;1-3-8(11)9-4-7(5-10)6(9)2;;/h9-10,12-14,16-18,20-21,23,26-27,34,36,44H,8,11,15,19,22,24-25H2,1-7H3;3,6-7H,1,4H2,2H3;1H3;/p+1/t27-,34-,36+;6-,7-;;/m01../s1. The number of nitrogens with one attached hydrogen (secondary N) is 2. The van der Waals surface area contributed by atoms with Crippen LogP contribution in [0.2, 0.25) is 8.35 Å². The third-order valence-corrected chi connectivity index (χ3v) is 23.8. The third-order valence-electron chi connectivity index (χ3n) is 13.9. The Hall–Kier alpha value is -4.86. The Kier molecular flexibility index (Phi) is 14.7. The molecule has 2 saturated heterocycles. The number of methoxy groups -OCH3 is 1. The van der Waals surface area contributed by atoms with E-state index < -0.39 is 42.7 Å². The quantitative estimate of drug-likeness (QED) is 0.149. The molecule has 0 aliphatic carbocycles. The van der Waals surface area contributed by atoms with Crippen LogP contribution in [0, 0.1) is 22.2 Å². The van der Waals surface area contributed by atoms with Gasteiger partial charge in [-0.2, -0.15) is 0 Å². The van der Waals surface area contributed by atoms with Crippen molar-refractivity contribution in [3.63, 3.8) is 0 Å². The number of hydrogen-bond acceptors (Lipinski definition) is 9. The van der Waals surface area contributed by atoms with Gasteiger partial charge < -0.3 is 9.30 Å². The van der Waals surface area contributed by atoms with Gasteiger partial charge in [0, 0.05) is 25.4 Å². The molecule has 14 nitrogen and oxygen atoms in total. The molecule has 2 N–H and O–H groups in total. The number of nitrogens with zero attached hydrogens (tertiary/aromatic N) is 5. The Morgan fingerprint density at radius 2 is 1.88 bits per heavy atom. The summed E-state index contributed by atoms with van der Waals surface area (Å²) in [6.45, 7) is 19.2. The number of hydrazine groups is 1. The van der Waals surface area contributed by atoms with Gasteiger partial charge in [-0.25, -0.2) is 0 Å². The first-order valence-corrected chi connectivity index (χ1v) is 30.0. The van der Waals surface area contributed by atoms with E-state index in [1.807, 2.05) is 50.6 Å². The SMILES string of the molecule is C=CC(=O)N1C[C@H]([C](=O)[In]([CH3])[C@H](C(=O)N[C@H]2Cc3cccc(c3)-c3ccc4c(c3)c(c(-c3cccnc3[C@H](C)OC)n4CC)CC(C)(C)CO[N+](=O)[C@@H]3CCCN(N3)C2=O)C(C)C)[C@H]1C. The Labute approximate surface area is 390 Å². The molecule has 0 radical (unpaired) electrons. The van der Waals surface area contributed by atoms with Crippen molar-refractivity contribution in [2.24, 2.45) is 17.3 Å². The number of carbonyl (C=O) groups is 4. The van der Waals surface area contributed by atoms with E-state index in [1.165, 1.54) is 11.1 Å².